The minimum atomic E-state index is -0.227. The van der Waals surface area contributed by atoms with Crippen LogP contribution in [0.5, 0.6) is 0 Å². The van der Waals surface area contributed by atoms with Crippen LogP contribution in [-0.2, 0) is 22.4 Å². The molecule has 0 aromatic heterocycles. The fraction of sp³-hybridized carbons (Fsp3) is 0.435. The highest BCUT2D eigenvalue weighted by atomic mass is 19.1. The summed E-state index contributed by atoms with van der Waals surface area (Å²) in [4.78, 5) is 24.8. The lowest BCUT2D eigenvalue weighted by Crippen LogP contribution is -2.21. The van der Waals surface area contributed by atoms with Crippen molar-refractivity contribution in [3.63, 3.8) is 0 Å². The second kappa shape index (κ2) is 16.3. The van der Waals surface area contributed by atoms with E-state index in [0.717, 1.165) is 70.7 Å². The summed E-state index contributed by atoms with van der Waals surface area (Å²) < 4.78 is 26.3. The van der Waals surface area contributed by atoms with Gasteiger partial charge in [-0.25, -0.2) is 8.78 Å². The topological polar surface area (TPSA) is 82.3 Å². The quantitative estimate of drug-likeness (QED) is 0.145. The van der Waals surface area contributed by atoms with E-state index in [9.17, 15) is 18.4 Å². The molecule has 288 valence electrons. The van der Waals surface area contributed by atoms with Gasteiger partial charge in [-0.1, -0.05) is 53.7 Å². The molecular formula is C46H58F2N4O2. The lowest BCUT2D eigenvalue weighted by molar-refractivity contribution is -0.118. The Bertz CT molecular complexity index is 1850. The van der Waals surface area contributed by atoms with Crippen LogP contribution in [0.25, 0.3) is 0 Å². The Hall–Kier alpha value is -4.72. The van der Waals surface area contributed by atoms with Crippen molar-refractivity contribution in [3.05, 3.63) is 117 Å². The second-order valence-electron chi connectivity index (χ2n) is 17.6. The highest BCUT2D eigenvalue weighted by Crippen LogP contribution is 2.41. The normalized spacial score (nSPS) is 16.1. The number of aryl methyl sites for hydroxylation is 2. The van der Waals surface area contributed by atoms with Gasteiger partial charge in [0, 0.05) is 35.6 Å². The number of fused-ring (bicyclic) bond motifs is 2. The Labute approximate surface area is 320 Å². The van der Waals surface area contributed by atoms with E-state index in [2.05, 4.69) is 88.8 Å². The number of hydrogen-bond donors (Lipinski definition) is 4. The molecule has 4 aromatic carbocycles. The molecule has 2 atom stereocenters. The van der Waals surface area contributed by atoms with Crippen molar-refractivity contribution in [2.75, 3.05) is 21.3 Å². The molecule has 0 saturated carbocycles. The Morgan fingerprint density at radius 1 is 0.593 bits per heavy atom. The van der Waals surface area contributed by atoms with Gasteiger partial charge in [0.2, 0.25) is 11.8 Å². The first-order valence-corrected chi connectivity index (χ1v) is 19.2. The number of benzene rings is 4. The second-order valence-corrected chi connectivity index (χ2v) is 17.6. The maximum atomic E-state index is 13.1. The molecule has 0 fully saturated rings. The SMILES string of the molecule is Cc1cc2c(c(C)c1NC(=O)CC(C)(C)C)CCC2Nc1ccc(F)cc1.Cc1cc2c(c(C)c1NC(=O)CC(C)(C)C)CCC2Nc1ccc(F)cc1. The number of anilines is 4. The predicted octanol–water partition coefficient (Wildman–Crippen LogP) is 11.8. The first-order chi connectivity index (χ1) is 25.3. The molecule has 2 aliphatic carbocycles. The maximum absolute atomic E-state index is 13.1. The molecule has 4 N–H and O–H groups in total. The van der Waals surface area contributed by atoms with Crippen molar-refractivity contribution in [3.8, 4) is 0 Å². The predicted molar refractivity (Wildman–Crippen MR) is 219 cm³/mol. The molecule has 0 radical (unpaired) electrons. The third-order valence-electron chi connectivity index (χ3n) is 10.3. The fourth-order valence-corrected chi connectivity index (χ4v) is 7.79. The standard InChI is InChI=1S/2C23H29FN2O/c2*1-14-12-19-18(15(2)22(14)26-21(27)13-23(3,4)5)10-11-20(19)25-17-8-6-16(24)7-9-17/h2*6-9,12,20,25H,10-11,13H2,1-5H3,(H,26,27). The largest absolute Gasteiger partial charge is 0.378 e. The summed E-state index contributed by atoms with van der Waals surface area (Å²) in [6.45, 7) is 20.7. The number of nitrogens with one attached hydrogen (secondary N) is 4. The van der Waals surface area contributed by atoms with Gasteiger partial charge in [0.15, 0.2) is 0 Å². The van der Waals surface area contributed by atoms with E-state index in [-0.39, 0.29) is 46.4 Å². The monoisotopic (exact) mass is 736 g/mol. The van der Waals surface area contributed by atoms with Crippen molar-refractivity contribution < 1.29 is 18.4 Å². The first kappa shape index (κ1) is 40.5. The first-order valence-electron chi connectivity index (χ1n) is 19.2. The van der Waals surface area contributed by atoms with Crippen LogP contribution in [-0.4, -0.2) is 11.8 Å². The molecule has 0 saturated heterocycles. The van der Waals surface area contributed by atoms with Crippen LogP contribution in [0.3, 0.4) is 0 Å². The molecule has 8 heteroatoms. The molecule has 2 amide bonds. The summed E-state index contributed by atoms with van der Waals surface area (Å²) in [5.74, 6) is -0.329. The lowest BCUT2D eigenvalue weighted by atomic mass is 9.91. The minimum absolute atomic E-state index is 0.0349. The van der Waals surface area contributed by atoms with Crippen LogP contribution in [0.4, 0.5) is 31.5 Å². The van der Waals surface area contributed by atoms with Gasteiger partial charge >= 0.3 is 0 Å². The molecule has 0 heterocycles. The van der Waals surface area contributed by atoms with E-state index < -0.39 is 0 Å². The Kier molecular flexibility index (Phi) is 12.2. The molecule has 0 aliphatic heterocycles. The van der Waals surface area contributed by atoms with E-state index in [1.165, 1.54) is 46.5 Å². The van der Waals surface area contributed by atoms with E-state index in [1.807, 2.05) is 13.8 Å². The number of halogens is 2. The van der Waals surface area contributed by atoms with Gasteiger partial charge < -0.3 is 21.3 Å². The lowest BCUT2D eigenvalue weighted by Gasteiger charge is -2.21. The van der Waals surface area contributed by atoms with Crippen molar-refractivity contribution in [2.24, 2.45) is 10.8 Å². The average Bonchev–Trinajstić information content (AvgIpc) is 3.65. The van der Waals surface area contributed by atoms with Crippen LogP contribution >= 0.6 is 0 Å². The van der Waals surface area contributed by atoms with Gasteiger partial charge in [-0.2, -0.15) is 0 Å². The molecule has 0 bridgehead atoms. The number of hydrogen-bond acceptors (Lipinski definition) is 4. The summed E-state index contributed by atoms with van der Waals surface area (Å²) in [6.07, 6.45) is 4.93. The number of carbonyl (C=O) groups excluding carboxylic acids is 2. The van der Waals surface area contributed by atoms with Crippen LogP contribution in [0.15, 0.2) is 60.7 Å². The highest BCUT2D eigenvalue weighted by Gasteiger charge is 2.29. The van der Waals surface area contributed by atoms with E-state index in [4.69, 9.17) is 0 Å². The molecule has 2 aliphatic rings. The molecule has 0 spiro atoms. The van der Waals surface area contributed by atoms with Gasteiger partial charge in [-0.05, 0) is 157 Å². The third kappa shape index (κ3) is 10.3. The van der Waals surface area contributed by atoms with Gasteiger partial charge in [0.25, 0.3) is 0 Å². The summed E-state index contributed by atoms with van der Waals surface area (Å²) in [5.41, 5.74) is 13.4. The average molecular weight is 737 g/mol. The number of amides is 2. The molecule has 4 aromatic rings. The maximum Gasteiger partial charge on any atom is 0.224 e. The fourth-order valence-electron chi connectivity index (χ4n) is 7.79. The summed E-state index contributed by atoms with van der Waals surface area (Å²) in [6, 6.07) is 17.8. The van der Waals surface area contributed by atoms with Crippen LogP contribution < -0.4 is 21.3 Å². The molecule has 54 heavy (non-hydrogen) atoms. The van der Waals surface area contributed by atoms with Crippen molar-refractivity contribution in [2.45, 2.75) is 120 Å². The van der Waals surface area contributed by atoms with E-state index in [0.29, 0.717) is 12.8 Å². The van der Waals surface area contributed by atoms with Crippen molar-refractivity contribution in [1.29, 1.82) is 0 Å². The zero-order chi connectivity index (χ0) is 39.5. The van der Waals surface area contributed by atoms with E-state index >= 15 is 0 Å². The molecule has 2 unspecified atom stereocenters. The van der Waals surface area contributed by atoms with Crippen molar-refractivity contribution in [1.82, 2.24) is 0 Å². The zero-order valence-electron chi connectivity index (χ0n) is 33.7. The summed E-state index contributed by atoms with van der Waals surface area (Å²) in [5, 5.41) is 13.3. The number of carbonyl (C=O) groups is 2. The molecule has 6 nitrogen and oxygen atoms in total. The van der Waals surface area contributed by atoms with Gasteiger partial charge in [-0.15, -0.1) is 0 Å². The van der Waals surface area contributed by atoms with Gasteiger partial charge in [0.1, 0.15) is 11.6 Å². The van der Waals surface area contributed by atoms with Crippen LogP contribution in [0.2, 0.25) is 0 Å². The Balaban J connectivity index is 0.000000208. The summed E-state index contributed by atoms with van der Waals surface area (Å²) in [7, 11) is 0. The molecule has 6 rings (SSSR count). The molecular weight excluding hydrogens is 679 g/mol. The van der Waals surface area contributed by atoms with Gasteiger partial charge in [0.05, 0.1) is 12.1 Å². The van der Waals surface area contributed by atoms with E-state index in [1.54, 1.807) is 24.3 Å². The van der Waals surface area contributed by atoms with Gasteiger partial charge in [-0.3, -0.25) is 9.59 Å². The Morgan fingerprint density at radius 3 is 1.24 bits per heavy atom. The number of rotatable bonds is 8. The van der Waals surface area contributed by atoms with Crippen LogP contribution in [0.1, 0.15) is 124 Å². The minimum Gasteiger partial charge on any atom is -0.378 e. The van der Waals surface area contributed by atoms with Crippen LogP contribution in [0, 0.1) is 50.2 Å². The summed E-state index contributed by atoms with van der Waals surface area (Å²) >= 11 is 0. The highest BCUT2D eigenvalue weighted by molar-refractivity contribution is 5.94. The Morgan fingerprint density at radius 2 is 0.926 bits per heavy atom. The van der Waals surface area contributed by atoms with Crippen molar-refractivity contribution >= 4 is 34.6 Å². The smallest absolute Gasteiger partial charge is 0.224 e. The third-order valence-corrected chi connectivity index (χ3v) is 10.3. The zero-order valence-corrected chi connectivity index (χ0v) is 33.7.